The molecule has 0 radical (unpaired) electrons. The van der Waals surface area contributed by atoms with Gasteiger partial charge in [0.2, 0.25) is 0 Å². The standard InChI is InChI=1S/C14H21NO2/c1-9(2)15-13(14(16)17-5)12-7-6-10(3)8-11(12)4/h6-9,13,15H,1-5H3. The van der Waals surface area contributed by atoms with Crippen LogP contribution in [0.1, 0.15) is 36.6 Å². The minimum atomic E-state index is -0.388. The van der Waals surface area contributed by atoms with Gasteiger partial charge in [-0.1, -0.05) is 23.8 Å². The van der Waals surface area contributed by atoms with Crippen LogP contribution in [0.15, 0.2) is 18.2 Å². The third kappa shape index (κ3) is 3.56. The lowest BCUT2D eigenvalue weighted by atomic mass is 9.98. The molecule has 1 atom stereocenters. The van der Waals surface area contributed by atoms with Gasteiger partial charge in [0.15, 0.2) is 0 Å². The first-order valence-electron chi connectivity index (χ1n) is 5.86. The molecule has 1 rings (SSSR count). The monoisotopic (exact) mass is 235 g/mol. The smallest absolute Gasteiger partial charge is 0.327 e. The second-order valence-electron chi connectivity index (χ2n) is 4.64. The summed E-state index contributed by atoms with van der Waals surface area (Å²) in [5, 5.41) is 3.23. The van der Waals surface area contributed by atoms with Crippen LogP contribution in [0.5, 0.6) is 0 Å². The van der Waals surface area contributed by atoms with E-state index in [-0.39, 0.29) is 18.1 Å². The van der Waals surface area contributed by atoms with E-state index in [1.807, 2.05) is 39.8 Å². The van der Waals surface area contributed by atoms with Gasteiger partial charge in [0.05, 0.1) is 7.11 Å². The van der Waals surface area contributed by atoms with Crippen LogP contribution in [0.25, 0.3) is 0 Å². The van der Waals surface area contributed by atoms with Crippen molar-refractivity contribution in [1.29, 1.82) is 0 Å². The molecule has 1 N–H and O–H groups in total. The Labute approximate surface area is 103 Å². The maximum atomic E-state index is 11.8. The van der Waals surface area contributed by atoms with Crippen LogP contribution in [0.4, 0.5) is 0 Å². The molecule has 0 spiro atoms. The topological polar surface area (TPSA) is 38.3 Å². The molecule has 0 aromatic heterocycles. The van der Waals surface area contributed by atoms with Crippen molar-refractivity contribution in [2.75, 3.05) is 7.11 Å². The molecule has 1 aromatic carbocycles. The minimum Gasteiger partial charge on any atom is -0.468 e. The molecule has 1 unspecified atom stereocenters. The molecule has 0 saturated heterocycles. The first-order chi connectivity index (χ1) is 7.95. The molecule has 0 amide bonds. The van der Waals surface area contributed by atoms with Crippen molar-refractivity contribution in [2.24, 2.45) is 0 Å². The van der Waals surface area contributed by atoms with Gasteiger partial charge in [-0.3, -0.25) is 5.32 Å². The Balaban J connectivity index is 3.08. The van der Waals surface area contributed by atoms with Crippen molar-refractivity contribution in [3.63, 3.8) is 0 Å². The molecule has 0 bridgehead atoms. The third-order valence-corrected chi connectivity index (χ3v) is 2.67. The normalized spacial score (nSPS) is 12.6. The highest BCUT2D eigenvalue weighted by atomic mass is 16.5. The van der Waals surface area contributed by atoms with Gasteiger partial charge in [-0.15, -0.1) is 0 Å². The number of hydrogen-bond donors (Lipinski definition) is 1. The van der Waals surface area contributed by atoms with Gasteiger partial charge in [-0.2, -0.15) is 0 Å². The Morgan fingerprint density at radius 2 is 1.94 bits per heavy atom. The number of rotatable bonds is 4. The fraction of sp³-hybridized carbons (Fsp3) is 0.500. The predicted octanol–water partition coefficient (Wildman–Crippen LogP) is 2.52. The molecule has 17 heavy (non-hydrogen) atoms. The summed E-state index contributed by atoms with van der Waals surface area (Å²) in [6, 6.07) is 5.91. The summed E-state index contributed by atoms with van der Waals surface area (Å²) in [7, 11) is 1.42. The molecule has 0 aliphatic carbocycles. The predicted molar refractivity (Wildman–Crippen MR) is 68.9 cm³/mol. The summed E-state index contributed by atoms with van der Waals surface area (Å²) in [4.78, 5) is 11.8. The van der Waals surface area contributed by atoms with Crippen LogP contribution in [0, 0.1) is 13.8 Å². The van der Waals surface area contributed by atoms with E-state index in [9.17, 15) is 4.79 Å². The summed E-state index contributed by atoms with van der Waals surface area (Å²) < 4.78 is 4.85. The maximum Gasteiger partial charge on any atom is 0.327 e. The zero-order chi connectivity index (χ0) is 13.0. The quantitative estimate of drug-likeness (QED) is 0.815. The van der Waals surface area contributed by atoms with Crippen LogP contribution in [-0.2, 0) is 9.53 Å². The third-order valence-electron chi connectivity index (χ3n) is 2.67. The SMILES string of the molecule is COC(=O)C(NC(C)C)c1ccc(C)cc1C. The number of benzene rings is 1. The van der Waals surface area contributed by atoms with Gasteiger partial charge in [-0.25, -0.2) is 4.79 Å². The lowest BCUT2D eigenvalue weighted by molar-refractivity contribution is -0.143. The Bertz CT molecular complexity index is 399. The van der Waals surface area contributed by atoms with Crippen LogP contribution in [0.2, 0.25) is 0 Å². The molecule has 0 fully saturated rings. The molecule has 3 heteroatoms. The first kappa shape index (κ1) is 13.7. The van der Waals surface area contributed by atoms with E-state index < -0.39 is 0 Å². The largest absolute Gasteiger partial charge is 0.468 e. The summed E-state index contributed by atoms with van der Waals surface area (Å²) in [6.45, 7) is 8.08. The van der Waals surface area contributed by atoms with Crippen LogP contribution in [-0.4, -0.2) is 19.1 Å². The van der Waals surface area contributed by atoms with Gasteiger partial charge < -0.3 is 4.74 Å². The van der Waals surface area contributed by atoms with Crippen molar-refractivity contribution in [2.45, 2.75) is 39.8 Å². The van der Waals surface area contributed by atoms with Gasteiger partial charge in [0.1, 0.15) is 6.04 Å². The first-order valence-corrected chi connectivity index (χ1v) is 5.86. The van der Waals surface area contributed by atoms with E-state index in [1.54, 1.807) is 0 Å². The number of hydrogen-bond acceptors (Lipinski definition) is 3. The van der Waals surface area contributed by atoms with Crippen LogP contribution >= 0.6 is 0 Å². The summed E-state index contributed by atoms with van der Waals surface area (Å²) >= 11 is 0. The zero-order valence-electron chi connectivity index (χ0n) is 11.2. The Morgan fingerprint density at radius 1 is 1.29 bits per heavy atom. The van der Waals surface area contributed by atoms with Crippen molar-refractivity contribution in [3.8, 4) is 0 Å². The zero-order valence-corrected chi connectivity index (χ0v) is 11.2. The minimum absolute atomic E-state index is 0.222. The molecule has 0 aliphatic rings. The highest BCUT2D eigenvalue weighted by molar-refractivity contribution is 5.78. The maximum absolute atomic E-state index is 11.8. The van der Waals surface area contributed by atoms with E-state index in [1.165, 1.54) is 12.7 Å². The summed E-state index contributed by atoms with van der Waals surface area (Å²) in [5.41, 5.74) is 3.28. The van der Waals surface area contributed by atoms with Gasteiger partial charge in [0, 0.05) is 6.04 Å². The highest BCUT2D eigenvalue weighted by Gasteiger charge is 2.23. The highest BCUT2D eigenvalue weighted by Crippen LogP contribution is 2.20. The summed E-state index contributed by atoms with van der Waals surface area (Å²) in [5.74, 6) is -0.245. The van der Waals surface area contributed by atoms with E-state index in [0.717, 1.165) is 11.1 Å². The lowest BCUT2D eigenvalue weighted by Crippen LogP contribution is -2.34. The molecular weight excluding hydrogens is 214 g/mol. The number of ether oxygens (including phenoxy) is 1. The Morgan fingerprint density at radius 3 is 2.41 bits per heavy atom. The Kier molecular flexibility index (Phi) is 4.70. The number of methoxy groups -OCH3 is 1. The van der Waals surface area contributed by atoms with Gasteiger partial charge >= 0.3 is 5.97 Å². The molecule has 0 aliphatic heterocycles. The molecule has 1 aromatic rings. The number of aryl methyl sites for hydroxylation is 2. The van der Waals surface area contributed by atoms with Crippen molar-refractivity contribution >= 4 is 5.97 Å². The Hall–Kier alpha value is -1.35. The molecule has 0 heterocycles. The van der Waals surface area contributed by atoms with Crippen LogP contribution in [0.3, 0.4) is 0 Å². The molecule has 94 valence electrons. The van der Waals surface area contributed by atoms with Crippen molar-refractivity contribution in [3.05, 3.63) is 34.9 Å². The summed E-state index contributed by atoms with van der Waals surface area (Å²) in [6.07, 6.45) is 0. The number of carbonyl (C=O) groups excluding carboxylic acids is 1. The average molecular weight is 235 g/mol. The number of nitrogens with one attached hydrogen (secondary N) is 1. The van der Waals surface area contributed by atoms with E-state index in [2.05, 4.69) is 11.4 Å². The fourth-order valence-electron chi connectivity index (χ4n) is 1.89. The van der Waals surface area contributed by atoms with E-state index in [0.29, 0.717) is 0 Å². The second-order valence-corrected chi connectivity index (χ2v) is 4.64. The van der Waals surface area contributed by atoms with Crippen molar-refractivity contribution < 1.29 is 9.53 Å². The van der Waals surface area contributed by atoms with Crippen molar-refractivity contribution in [1.82, 2.24) is 5.32 Å². The molecular formula is C14H21NO2. The lowest BCUT2D eigenvalue weighted by Gasteiger charge is -2.21. The van der Waals surface area contributed by atoms with E-state index >= 15 is 0 Å². The molecule has 0 saturated carbocycles. The second kappa shape index (κ2) is 5.82. The average Bonchev–Trinajstić information content (AvgIpc) is 2.25. The van der Waals surface area contributed by atoms with E-state index in [4.69, 9.17) is 4.74 Å². The molecule has 3 nitrogen and oxygen atoms in total. The fourth-order valence-corrected chi connectivity index (χ4v) is 1.89. The number of esters is 1. The van der Waals surface area contributed by atoms with Crippen LogP contribution < -0.4 is 5.32 Å². The van der Waals surface area contributed by atoms with Gasteiger partial charge in [0.25, 0.3) is 0 Å². The van der Waals surface area contributed by atoms with Gasteiger partial charge in [-0.05, 0) is 38.8 Å². The number of carbonyl (C=O) groups is 1.